The average molecular weight is 318 g/mol. The summed E-state index contributed by atoms with van der Waals surface area (Å²) >= 11 is 0. The van der Waals surface area contributed by atoms with E-state index in [1.165, 1.54) is 6.07 Å². The molecule has 0 saturated heterocycles. The van der Waals surface area contributed by atoms with Crippen LogP contribution in [0, 0.1) is 0 Å². The molecular formula is C6H6O9S3. The van der Waals surface area contributed by atoms with E-state index in [9.17, 15) is 25.3 Å². The van der Waals surface area contributed by atoms with Crippen molar-refractivity contribution in [2.45, 2.75) is 0 Å². The van der Waals surface area contributed by atoms with Crippen molar-refractivity contribution in [1.29, 1.82) is 0 Å². The number of thiol groups is 3. The lowest BCUT2D eigenvalue weighted by Gasteiger charge is -2.08. The molecule has 0 aliphatic rings. The Morgan fingerprint density at radius 3 is 1.39 bits per heavy atom. The molecule has 0 bridgehead atoms. The minimum Gasteiger partial charge on any atom is -0.380 e. The van der Waals surface area contributed by atoms with E-state index < -0.39 is 50.2 Å². The Balaban J connectivity index is 3.32. The minimum atomic E-state index is -3.41. The number of hydrogen-bond donors (Lipinski definition) is 3. The van der Waals surface area contributed by atoms with Crippen molar-refractivity contribution in [3.8, 4) is 17.2 Å². The second-order valence-electron chi connectivity index (χ2n) is 2.53. The van der Waals surface area contributed by atoms with Crippen LogP contribution in [0.1, 0.15) is 0 Å². The monoisotopic (exact) mass is 318 g/mol. The first-order chi connectivity index (χ1) is 8.40. The van der Waals surface area contributed by atoms with Gasteiger partial charge in [0.15, 0.2) is 11.5 Å². The van der Waals surface area contributed by atoms with Crippen LogP contribution in [0.4, 0.5) is 0 Å². The first-order valence-electron chi connectivity index (χ1n) is 4.00. The summed E-state index contributed by atoms with van der Waals surface area (Å²) in [6, 6.07) is 3.31. The van der Waals surface area contributed by atoms with Gasteiger partial charge in [0.25, 0.3) is 33.0 Å². The third-order valence-electron chi connectivity index (χ3n) is 1.45. The van der Waals surface area contributed by atoms with Crippen LogP contribution in [-0.4, -0.2) is 25.3 Å². The van der Waals surface area contributed by atoms with Crippen LogP contribution in [0.2, 0.25) is 0 Å². The molecule has 0 heterocycles. The molecule has 0 spiro atoms. The predicted molar refractivity (Wildman–Crippen MR) is 59.3 cm³/mol. The molecule has 0 aliphatic heterocycles. The van der Waals surface area contributed by atoms with E-state index in [1.807, 2.05) is 0 Å². The van der Waals surface area contributed by atoms with E-state index in [1.54, 1.807) is 0 Å². The average Bonchev–Trinajstić information content (AvgIpc) is 2.20. The fraction of sp³-hybridized carbons (Fsp3) is 0. The van der Waals surface area contributed by atoms with Gasteiger partial charge in [-0.25, -0.2) is 0 Å². The molecule has 0 saturated carbocycles. The number of hydrogen-bond acceptors (Lipinski definition) is 9. The summed E-state index contributed by atoms with van der Waals surface area (Å²) in [6.45, 7) is 0. The van der Waals surface area contributed by atoms with Gasteiger partial charge in [0.1, 0.15) is 0 Å². The van der Waals surface area contributed by atoms with Crippen molar-refractivity contribution in [2.24, 2.45) is 0 Å². The minimum absolute atomic E-state index is 0.514. The van der Waals surface area contributed by atoms with Gasteiger partial charge in [-0.05, 0) is 12.1 Å². The molecule has 0 aliphatic carbocycles. The summed E-state index contributed by atoms with van der Waals surface area (Å²) in [5.74, 6) is -1.70. The van der Waals surface area contributed by atoms with E-state index >= 15 is 0 Å². The lowest BCUT2D eigenvalue weighted by molar-refractivity contribution is 0.449. The maximum atomic E-state index is 10.4. The molecule has 9 nitrogen and oxygen atoms in total. The molecule has 1 aromatic rings. The number of rotatable bonds is 6. The van der Waals surface area contributed by atoms with Crippen LogP contribution in [0.5, 0.6) is 17.2 Å². The van der Waals surface area contributed by atoms with Gasteiger partial charge in [-0.3, -0.25) is 0 Å². The van der Waals surface area contributed by atoms with Crippen LogP contribution >= 0.6 is 0 Å². The highest BCUT2D eigenvalue weighted by Gasteiger charge is 2.15. The Morgan fingerprint density at radius 2 is 1.06 bits per heavy atom. The molecule has 1 rings (SSSR count). The van der Waals surface area contributed by atoms with Gasteiger partial charge < -0.3 is 12.5 Å². The van der Waals surface area contributed by atoms with E-state index in [2.05, 4.69) is 12.5 Å². The maximum Gasteiger partial charge on any atom is 0.299 e. The molecule has 0 aromatic heterocycles. The zero-order valence-electron chi connectivity index (χ0n) is 8.25. The van der Waals surface area contributed by atoms with Gasteiger partial charge in [-0.2, -0.15) is 25.3 Å². The molecule has 12 heteroatoms. The van der Waals surface area contributed by atoms with Crippen molar-refractivity contribution < 1.29 is 37.8 Å². The molecule has 0 unspecified atom stereocenters. The van der Waals surface area contributed by atoms with Gasteiger partial charge in [0, 0.05) is 0 Å². The van der Waals surface area contributed by atoms with E-state index in [0.717, 1.165) is 12.1 Å². The molecule has 0 N–H and O–H groups in total. The van der Waals surface area contributed by atoms with Gasteiger partial charge >= 0.3 is 0 Å². The Morgan fingerprint density at radius 1 is 0.667 bits per heavy atom. The molecular weight excluding hydrogens is 312 g/mol. The predicted octanol–water partition coefficient (Wildman–Crippen LogP) is -1.60. The lowest BCUT2D eigenvalue weighted by Crippen LogP contribution is -2.00. The van der Waals surface area contributed by atoms with Crippen molar-refractivity contribution in [2.75, 3.05) is 0 Å². The summed E-state index contributed by atoms with van der Waals surface area (Å²) in [5.41, 5.74) is 0. The standard InChI is InChI=1S/C6H6O9S3/c7-16(8)13-4-2-1-3-5(14-17(9)10)6(4)15-18(11)12/h1-3,16-18H. The Labute approximate surface area is 106 Å². The molecule has 0 radical (unpaired) electrons. The van der Waals surface area contributed by atoms with E-state index in [-0.39, 0.29) is 0 Å². The van der Waals surface area contributed by atoms with Crippen molar-refractivity contribution >= 4 is 33.0 Å². The van der Waals surface area contributed by atoms with Crippen LogP contribution in [0.3, 0.4) is 0 Å². The number of para-hydroxylation sites is 1. The Bertz CT molecular complexity index is 588. The van der Waals surface area contributed by atoms with Crippen LogP contribution < -0.4 is 12.5 Å². The SMILES string of the molecule is O=[SH](=O)Oc1cccc(O[SH](=O)=O)c1O[SH](=O)=O. The highest BCUT2D eigenvalue weighted by atomic mass is 32.2. The second-order valence-corrected chi connectivity index (χ2v) is 4.42. The highest BCUT2D eigenvalue weighted by molar-refractivity contribution is 7.68. The van der Waals surface area contributed by atoms with Crippen LogP contribution in [-0.2, 0) is 33.0 Å². The highest BCUT2D eigenvalue weighted by Crippen LogP contribution is 2.37. The van der Waals surface area contributed by atoms with Crippen molar-refractivity contribution in [1.82, 2.24) is 0 Å². The largest absolute Gasteiger partial charge is 0.380 e. The molecule has 18 heavy (non-hydrogen) atoms. The normalized spacial score (nSPS) is 10.8. The Kier molecular flexibility index (Phi) is 5.18. The van der Waals surface area contributed by atoms with Gasteiger partial charge in [-0.1, -0.05) is 6.07 Å². The lowest BCUT2D eigenvalue weighted by atomic mass is 10.3. The fourth-order valence-corrected chi connectivity index (χ4v) is 1.90. The fourth-order valence-electron chi connectivity index (χ4n) is 0.965. The van der Waals surface area contributed by atoms with Crippen molar-refractivity contribution in [3.05, 3.63) is 18.2 Å². The summed E-state index contributed by atoms with van der Waals surface area (Å²) in [7, 11) is -10.1. The van der Waals surface area contributed by atoms with Gasteiger partial charge in [0.2, 0.25) is 5.75 Å². The molecule has 0 amide bonds. The first-order valence-corrected chi connectivity index (χ1v) is 7.29. The summed E-state index contributed by atoms with van der Waals surface area (Å²) in [5, 5.41) is 0. The third kappa shape index (κ3) is 4.38. The van der Waals surface area contributed by atoms with Gasteiger partial charge in [0.05, 0.1) is 0 Å². The summed E-state index contributed by atoms with van der Waals surface area (Å²) in [4.78, 5) is 0. The first kappa shape index (κ1) is 14.5. The van der Waals surface area contributed by atoms with E-state index in [4.69, 9.17) is 0 Å². The van der Waals surface area contributed by atoms with Crippen LogP contribution in [0.15, 0.2) is 18.2 Å². The van der Waals surface area contributed by atoms with Crippen molar-refractivity contribution in [3.63, 3.8) is 0 Å². The second kappa shape index (κ2) is 6.42. The smallest absolute Gasteiger partial charge is 0.299 e. The summed E-state index contributed by atoms with van der Waals surface area (Å²) in [6.07, 6.45) is 0. The van der Waals surface area contributed by atoms with Gasteiger partial charge in [-0.15, -0.1) is 0 Å². The Hall–Kier alpha value is -1.53. The molecule has 1 aromatic carbocycles. The zero-order valence-corrected chi connectivity index (χ0v) is 10.9. The zero-order chi connectivity index (χ0) is 13.7. The topological polar surface area (TPSA) is 130 Å². The third-order valence-corrected chi connectivity index (χ3v) is 2.48. The van der Waals surface area contributed by atoms with Crippen LogP contribution in [0.25, 0.3) is 0 Å². The molecule has 102 valence electrons. The molecule has 0 atom stereocenters. The summed E-state index contributed by atoms with van der Waals surface area (Å²) < 4.78 is 75.2. The number of benzene rings is 1. The quantitative estimate of drug-likeness (QED) is 0.531. The van der Waals surface area contributed by atoms with E-state index in [0.29, 0.717) is 0 Å². The maximum absolute atomic E-state index is 10.4. The molecule has 0 fully saturated rings.